The number of nitrogens with one attached hydrogen (secondary N) is 2. The second kappa shape index (κ2) is 7.48. The summed E-state index contributed by atoms with van der Waals surface area (Å²) in [7, 11) is 0. The lowest BCUT2D eigenvalue weighted by atomic mass is 9.83. The summed E-state index contributed by atoms with van der Waals surface area (Å²) in [6, 6.07) is 7.77. The summed E-state index contributed by atoms with van der Waals surface area (Å²) in [6.07, 6.45) is 7.38. The van der Waals surface area contributed by atoms with Crippen molar-refractivity contribution in [2.75, 3.05) is 18.4 Å². The van der Waals surface area contributed by atoms with Crippen LogP contribution in [0.25, 0.3) is 0 Å². The number of carbonyl (C=O) groups excluding carboxylic acids is 1. The van der Waals surface area contributed by atoms with Crippen LogP contribution in [0.4, 0.5) is 5.69 Å². The Hall–Kier alpha value is -1.51. The van der Waals surface area contributed by atoms with E-state index in [9.17, 15) is 4.79 Å². The molecule has 21 heavy (non-hydrogen) atoms. The normalized spacial score (nSPS) is 16.7. The van der Waals surface area contributed by atoms with Gasteiger partial charge in [-0.2, -0.15) is 0 Å². The number of hydrogen-bond acceptors (Lipinski definition) is 2. The molecule has 1 aliphatic carbocycles. The predicted octanol–water partition coefficient (Wildman–Crippen LogP) is 4.21. The average Bonchev–Trinajstić information content (AvgIpc) is 3.00. The van der Waals surface area contributed by atoms with E-state index in [4.69, 9.17) is 0 Å². The lowest BCUT2D eigenvalue weighted by Gasteiger charge is -2.27. The van der Waals surface area contributed by atoms with Gasteiger partial charge in [0.05, 0.1) is 0 Å². The fourth-order valence-corrected chi connectivity index (χ4v) is 3.16. The first-order valence-electron chi connectivity index (χ1n) is 8.31. The molecule has 1 fully saturated rings. The topological polar surface area (TPSA) is 41.1 Å². The van der Waals surface area contributed by atoms with Gasteiger partial charge in [0.1, 0.15) is 0 Å². The highest BCUT2D eigenvalue weighted by atomic mass is 16.1. The van der Waals surface area contributed by atoms with E-state index in [1.54, 1.807) is 0 Å². The van der Waals surface area contributed by atoms with Gasteiger partial charge < -0.3 is 10.6 Å². The minimum Gasteiger partial charge on any atom is -0.385 e. The van der Waals surface area contributed by atoms with E-state index in [0.717, 1.165) is 37.2 Å². The highest BCUT2D eigenvalue weighted by Crippen LogP contribution is 2.40. The molecule has 2 N–H and O–H groups in total. The molecule has 3 nitrogen and oxygen atoms in total. The van der Waals surface area contributed by atoms with Crippen molar-refractivity contribution in [1.82, 2.24) is 5.32 Å². The van der Waals surface area contributed by atoms with Gasteiger partial charge in [-0.15, -0.1) is 0 Å². The van der Waals surface area contributed by atoms with E-state index in [1.165, 1.54) is 25.7 Å². The zero-order valence-electron chi connectivity index (χ0n) is 13.4. The lowest BCUT2D eigenvalue weighted by molar-refractivity contribution is 0.0929. The van der Waals surface area contributed by atoms with E-state index < -0.39 is 0 Å². The molecule has 2 rings (SSSR count). The maximum Gasteiger partial charge on any atom is 0.251 e. The summed E-state index contributed by atoms with van der Waals surface area (Å²) in [4.78, 5) is 12.3. The minimum absolute atomic E-state index is 0.0526. The summed E-state index contributed by atoms with van der Waals surface area (Å²) >= 11 is 0. The fraction of sp³-hybridized carbons (Fsp3) is 0.611. The highest BCUT2D eigenvalue weighted by molar-refractivity contribution is 5.94. The zero-order chi connectivity index (χ0) is 15.1. The maximum absolute atomic E-state index is 12.3. The molecule has 0 spiro atoms. The van der Waals surface area contributed by atoms with Crippen molar-refractivity contribution in [3.05, 3.63) is 29.8 Å². The van der Waals surface area contributed by atoms with Crippen LogP contribution < -0.4 is 10.6 Å². The largest absolute Gasteiger partial charge is 0.385 e. The van der Waals surface area contributed by atoms with Gasteiger partial charge in [-0.1, -0.05) is 26.7 Å². The van der Waals surface area contributed by atoms with Crippen molar-refractivity contribution in [2.45, 2.75) is 52.4 Å². The Morgan fingerprint density at radius 1 is 1.14 bits per heavy atom. The summed E-state index contributed by atoms with van der Waals surface area (Å²) in [5.74, 6) is 0.0526. The molecular formula is C18H28N2O. The van der Waals surface area contributed by atoms with E-state index in [-0.39, 0.29) is 5.91 Å². The number of anilines is 1. The molecule has 0 radical (unpaired) electrons. The predicted molar refractivity (Wildman–Crippen MR) is 88.7 cm³/mol. The number of hydrogen-bond donors (Lipinski definition) is 2. The Kier molecular flexibility index (Phi) is 5.66. The van der Waals surface area contributed by atoms with Crippen molar-refractivity contribution in [1.29, 1.82) is 0 Å². The third-order valence-corrected chi connectivity index (χ3v) is 4.76. The number of carbonyl (C=O) groups is 1. The fourth-order valence-electron chi connectivity index (χ4n) is 3.16. The van der Waals surface area contributed by atoms with Gasteiger partial charge in [0.15, 0.2) is 0 Å². The average molecular weight is 288 g/mol. The van der Waals surface area contributed by atoms with Crippen molar-refractivity contribution in [2.24, 2.45) is 5.41 Å². The highest BCUT2D eigenvalue weighted by Gasteiger charge is 2.32. The van der Waals surface area contributed by atoms with Gasteiger partial charge in [-0.3, -0.25) is 4.79 Å². The van der Waals surface area contributed by atoms with E-state index in [2.05, 4.69) is 24.5 Å². The standard InChI is InChI=1S/C18H28N2O/c1-3-13-19-16-9-7-15(8-10-16)17(21)20-14-18(4-2)11-5-6-12-18/h7-10,19H,3-6,11-14H2,1-2H3,(H,20,21). The monoisotopic (exact) mass is 288 g/mol. The van der Waals surface area contributed by atoms with Crippen LogP contribution in [0.3, 0.4) is 0 Å². The maximum atomic E-state index is 12.3. The molecule has 0 heterocycles. The molecule has 0 saturated heterocycles. The number of amides is 1. The zero-order valence-corrected chi connectivity index (χ0v) is 13.4. The molecule has 0 unspecified atom stereocenters. The molecule has 0 bridgehead atoms. The quantitative estimate of drug-likeness (QED) is 0.789. The van der Waals surface area contributed by atoms with Crippen LogP contribution in [-0.2, 0) is 0 Å². The Labute approximate surface area is 128 Å². The van der Waals surface area contributed by atoms with Crippen LogP contribution in [-0.4, -0.2) is 19.0 Å². The van der Waals surface area contributed by atoms with Crippen LogP contribution in [0.5, 0.6) is 0 Å². The molecular weight excluding hydrogens is 260 g/mol. The van der Waals surface area contributed by atoms with Crippen molar-refractivity contribution in [3.8, 4) is 0 Å². The molecule has 1 amide bonds. The molecule has 0 aromatic heterocycles. The Morgan fingerprint density at radius 2 is 1.81 bits per heavy atom. The molecule has 1 saturated carbocycles. The first-order valence-corrected chi connectivity index (χ1v) is 8.31. The van der Waals surface area contributed by atoms with Crippen molar-refractivity contribution in [3.63, 3.8) is 0 Å². The smallest absolute Gasteiger partial charge is 0.251 e. The van der Waals surface area contributed by atoms with Crippen LogP contribution in [0.2, 0.25) is 0 Å². The van der Waals surface area contributed by atoms with Crippen LogP contribution in [0.15, 0.2) is 24.3 Å². The second-order valence-electron chi connectivity index (χ2n) is 6.25. The van der Waals surface area contributed by atoms with E-state index >= 15 is 0 Å². The lowest BCUT2D eigenvalue weighted by Crippen LogP contribution is -2.35. The van der Waals surface area contributed by atoms with Crippen LogP contribution >= 0.6 is 0 Å². The summed E-state index contributed by atoms with van der Waals surface area (Å²) < 4.78 is 0. The molecule has 1 aromatic carbocycles. The van der Waals surface area contributed by atoms with Gasteiger partial charge in [0.25, 0.3) is 5.91 Å². The molecule has 1 aliphatic rings. The third-order valence-electron chi connectivity index (χ3n) is 4.76. The first kappa shape index (κ1) is 15.9. The Bertz CT molecular complexity index is 447. The minimum atomic E-state index is 0.0526. The van der Waals surface area contributed by atoms with Gasteiger partial charge in [0, 0.05) is 24.3 Å². The van der Waals surface area contributed by atoms with Crippen molar-refractivity contribution >= 4 is 11.6 Å². The van der Waals surface area contributed by atoms with Gasteiger partial charge in [-0.05, 0) is 55.4 Å². The summed E-state index contributed by atoms with van der Waals surface area (Å²) in [5, 5.41) is 6.46. The molecule has 0 atom stereocenters. The number of rotatable bonds is 7. The Balaban J connectivity index is 1.88. The first-order chi connectivity index (χ1) is 10.2. The summed E-state index contributed by atoms with van der Waals surface area (Å²) in [5.41, 5.74) is 2.17. The van der Waals surface area contributed by atoms with Crippen LogP contribution in [0, 0.1) is 5.41 Å². The van der Waals surface area contributed by atoms with Gasteiger partial charge in [-0.25, -0.2) is 0 Å². The van der Waals surface area contributed by atoms with Crippen molar-refractivity contribution < 1.29 is 4.79 Å². The van der Waals surface area contributed by atoms with E-state index in [0.29, 0.717) is 5.41 Å². The van der Waals surface area contributed by atoms with Gasteiger partial charge in [0.2, 0.25) is 0 Å². The van der Waals surface area contributed by atoms with Crippen LogP contribution in [0.1, 0.15) is 62.7 Å². The van der Waals surface area contributed by atoms with Gasteiger partial charge >= 0.3 is 0 Å². The molecule has 1 aromatic rings. The second-order valence-corrected chi connectivity index (χ2v) is 6.25. The SMILES string of the molecule is CCCNc1ccc(C(=O)NCC2(CC)CCCC2)cc1. The number of benzene rings is 1. The Morgan fingerprint density at radius 3 is 2.38 bits per heavy atom. The third kappa shape index (κ3) is 4.23. The molecule has 0 aliphatic heterocycles. The molecule has 116 valence electrons. The molecule has 3 heteroatoms. The summed E-state index contributed by atoms with van der Waals surface area (Å²) in [6.45, 7) is 6.16. The van der Waals surface area contributed by atoms with E-state index in [1.807, 2.05) is 24.3 Å².